The van der Waals surface area contributed by atoms with Gasteiger partial charge in [-0.05, 0) is 43.1 Å². The van der Waals surface area contributed by atoms with Crippen LogP contribution in [0.25, 0.3) is 0 Å². The van der Waals surface area contributed by atoms with E-state index in [9.17, 15) is 8.78 Å². The average molecular weight is 345 g/mol. The van der Waals surface area contributed by atoms with Crippen LogP contribution in [0.5, 0.6) is 0 Å². The van der Waals surface area contributed by atoms with E-state index in [1.807, 2.05) is 6.07 Å². The minimum absolute atomic E-state index is 0.0974. The normalized spacial score (nSPS) is 14.2. The second-order valence-electron chi connectivity index (χ2n) is 5.42. The fourth-order valence-corrected chi connectivity index (χ4v) is 3.91. The Hall–Kier alpha value is -1.86. The van der Waals surface area contributed by atoms with E-state index >= 15 is 0 Å². The highest BCUT2D eigenvalue weighted by Gasteiger charge is 2.18. The summed E-state index contributed by atoms with van der Waals surface area (Å²) in [4.78, 5) is 5.72. The zero-order chi connectivity index (χ0) is 16.2. The van der Waals surface area contributed by atoms with Crippen LogP contribution < -0.4 is 0 Å². The van der Waals surface area contributed by atoms with Crippen molar-refractivity contribution in [2.45, 2.75) is 31.6 Å². The maximum atomic E-state index is 13.9. The molecule has 0 aliphatic heterocycles. The maximum absolute atomic E-state index is 13.9. The number of benzene rings is 1. The van der Waals surface area contributed by atoms with Crippen molar-refractivity contribution in [3.8, 4) is 11.8 Å². The standard InChI is InChI=1S/C18H13F2NS2/c19-16-9-13(21-11-22)10-17(20)15(16)7-5-14-6-8-18(23-14)12-3-1-2-4-12/h6,8-10,12H,1-4H2. The van der Waals surface area contributed by atoms with Crippen LogP contribution in [-0.2, 0) is 0 Å². The lowest BCUT2D eigenvalue weighted by Crippen LogP contribution is -1.89. The molecule has 23 heavy (non-hydrogen) atoms. The number of hydrogen-bond donors (Lipinski definition) is 0. The molecule has 1 saturated carbocycles. The number of thiophene rings is 1. The molecule has 0 unspecified atom stereocenters. The van der Waals surface area contributed by atoms with Gasteiger partial charge in [0.2, 0.25) is 0 Å². The predicted octanol–water partition coefficient (Wildman–Crippen LogP) is 5.82. The Labute approximate surface area is 143 Å². The number of hydrogen-bond acceptors (Lipinski definition) is 3. The first-order valence-electron chi connectivity index (χ1n) is 7.36. The van der Waals surface area contributed by atoms with E-state index in [0.717, 1.165) is 17.0 Å². The zero-order valence-electron chi connectivity index (χ0n) is 12.2. The molecule has 5 heteroatoms. The summed E-state index contributed by atoms with van der Waals surface area (Å²) in [7, 11) is 0. The number of rotatable bonds is 2. The third-order valence-corrected chi connectivity index (χ3v) is 5.15. The first-order chi connectivity index (χ1) is 11.2. The minimum Gasteiger partial charge on any atom is -0.205 e. The molecular formula is C18H13F2NS2. The maximum Gasteiger partial charge on any atom is 0.143 e. The topological polar surface area (TPSA) is 12.4 Å². The van der Waals surface area contributed by atoms with Gasteiger partial charge in [-0.3, -0.25) is 0 Å². The van der Waals surface area contributed by atoms with Crippen molar-refractivity contribution < 1.29 is 8.78 Å². The quantitative estimate of drug-likeness (QED) is 0.380. The van der Waals surface area contributed by atoms with Crippen LogP contribution in [0, 0.1) is 23.5 Å². The third-order valence-electron chi connectivity index (χ3n) is 3.90. The molecule has 0 bridgehead atoms. The van der Waals surface area contributed by atoms with Gasteiger partial charge >= 0.3 is 0 Å². The first kappa shape index (κ1) is 16.0. The summed E-state index contributed by atoms with van der Waals surface area (Å²) in [6.45, 7) is 0. The van der Waals surface area contributed by atoms with E-state index in [1.54, 1.807) is 11.3 Å². The highest BCUT2D eigenvalue weighted by molar-refractivity contribution is 7.78. The van der Waals surface area contributed by atoms with Gasteiger partial charge < -0.3 is 0 Å². The van der Waals surface area contributed by atoms with Gasteiger partial charge in [-0.15, -0.1) is 11.3 Å². The minimum atomic E-state index is -0.742. The summed E-state index contributed by atoms with van der Waals surface area (Å²) in [5.74, 6) is 4.59. The van der Waals surface area contributed by atoms with Crippen molar-refractivity contribution >= 4 is 34.4 Å². The van der Waals surface area contributed by atoms with Gasteiger partial charge in [0.05, 0.1) is 21.3 Å². The van der Waals surface area contributed by atoms with Crippen LogP contribution >= 0.6 is 23.6 Å². The van der Waals surface area contributed by atoms with E-state index in [2.05, 4.69) is 40.3 Å². The number of thiocarbonyl (C=S) groups is 1. The lowest BCUT2D eigenvalue weighted by atomic mass is 10.1. The van der Waals surface area contributed by atoms with Crippen molar-refractivity contribution in [2.24, 2.45) is 4.99 Å². The van der Waals surface area contributed by atoms with E-state index in [-0.39, 0.29) is 11.3 Å². The van der Waals surface area contributed by atoms with Gasteiger partial charge in [0.15, 0.2) is 0 Å². The van der Waals surface area contributed by atoms with Crippen molar-refractivity contribution in [2.75, 3.05) is 0 Å². The molecule has 0 amide bonds. The van der Waals surface area contributed by atoms with E-state index < -0.39 is 11.6 Å². The Kier molecular flexibility index (Phi) is 4.97. The fraction of sp³-hybridized carbons (Fsp3) is 0.278. The molecule has 1 aromatic heterocycles. The van der Waals surface area contributed by atoms with Crippen LogP contribution in [-0.4, -0.2) is 5.16 Å². The first-order valence-corrected chi connectivity index (χ1v) is 8.58. The summed E-state index contributed by atoms with van der Waals surface area (Å²) in [6.07, 6.45) is 4.99. The summed E-state index contributed by atoms with van der Waals surface area (Å²) >= 11 is 6.04. The summed E-state index contributed by atoms with van der Waals surface area (Å²) in [5, 5.41) is 2.09. The van der Waals surface area contributed by atoms with Gasteiger partial charge in [0.25, 0.3) is 0 Å². The molecule has 2 aromatic rings. The van der Waals surface area contributed by atoms with Crippen LogP contribution in [0.3, 0.4) is 0 Å². The molecule has 0 atom stereocenters. The molecule has 1 aliphatic carbocycles. The largest absolute Gasteiger partial charge is 0.205 e. The summed E-state index contributed by atoms with van der Waals surface area (Å²) < 4.78 is 27.9. The van der Waals surface area contributed by atoms with E-state index in [1.165, 1.54) is 30.6 Å². The molecule has 1 aliphatic rings. The molecule has 116 valence electrons. The molecule has 1 heterocycles. The van der Waals surface area contributed by atoms with Crippen LogP contribution in [0.2, 0.25) is 0 Å². The SMILES string of the molecule is Fc1cc(N=C=S)cc(F)c1C#Cc1ccc(C2CCCC2)s1. The van der Waals surface area contributed by atoms with Crippen molar-refractivity contribution in [1.29, 1.82) is 0 Å². The fourth-order valence-electron chi connectivity index (χ4n) is 2.77. The van der Waals surface area contributed by atoms with Gasteiger partial charge in [0, 0.05) is 17.0 Å². The van der Waals surface area contributed by atoms with Gasteiger partial charge in [-0.1, -0.05) is 24.7 Å². The van der Waals surface area contributed by atoms with E-state index in [4.69, 9.17) is 0 Å². The Morgan fingerprint density at radius 2 is 1.78 bits per heavy atom. The van der Waals surface area contributed by atoms with E-state index in [0.29, 0.717) is 5.92 Å². The lowest BCUT2D eigenvalue weighted by Gasteiger charge is -2.03. The molecule has 1 nitrogen and oxygen atoms in total. The highest BCUT2D eigenvalue weighted by atomic mass is 32.1. The third kappa shape index (κ3) is 3.73. The second-order valence-corrected chi connectivity index (χ2v) is 6.72. The Bertz CT molecular complexity index is 809. The van der Waals surface area contributed by atoms with Crippen molar-refractivity contribution in [1.82, 2.24) is 0 Å². The summed E-state index contributed by atoms with van der Waals surface area (Å²) in [5.41, 5.74) is -0.149. The Balaban J connectivity index is 1.85. The van der Waals surface area contributed by atoms with Crippen molar-refractivity contribution in [3.63, 3.8) is 0 Å². The molecule has 0 N–H and O–H groups in total. The average Bonchev–Trinajstić information content (AvgIpc) is 3.18. The molecular weight excluding hydrogens is 332 g/mol. The lowest BCUT2D eigenvalue weighted by molar-refractivity contribution is 0.578. The molecule has 1 fully saturated rings. The molecule has 0 radical (unpaired) electrons. The Morgan fingerprint density at radius 3 is 2.43 bits per heavy atom. The van der Waals surface area contributed by atoms with Gasteiger partial charge in [-0.2, -0.15) is 4.99 Å². The Morgan fingerprint density at radius 1 is 1.09 bits per heavy atom. The van der Waals surface area contributed by atoms with Crippen LogP contribution in [0.4, 0.5) is 14.5 Å². The van der Waals surface area contributed by atoms with Crippen molar-refractivity contribution in [3.05, 3.63) is 51.2 Å². The number of nitrogens with zero attached hydrogens (tertiary/aromatic N) is 1. The zero-order valence-corrected chi connectivity index (χ0v) is 13.9. The number of isothiocyanates is 1. The highest BCUT2D eigenvalue weighted by Crippen LogP contribution is 2.37. The molecule has 0 spiro atoms. The smallest absolute Gasteiger partial charge is 0.143 e. The molecule has 0 saturated heterocycles. The predicted molar refractivity (Wildman–Crippen MR) is 92.6 cm³/mol. The molecule has 3 rings (SSSR count). The van der Waals surface area contributed by atoms with Gasteiger partial charge in [-0.25, -0.2) is 8.78 Å². The monoisotopic (exact) mass is 345 g/mol. The van der Waals surface area contributed by atoms with Gasteiger partial charge in [0.1, 0.15) is 11.6 Å². The molecule has 1 aromatic carbocycles. The second kappa shape index (κ2) is 7.14. The number of aliphatic imine (C=N–C) groups is 1. The number of halogens is 2. The summed E-state index contributed by atoms with van der Waals surface area (Å²) in [6, 6.07) is 6.20. The van der Waals surface area contributed by atoms with Crippen LogP contribution in [0.1, 0.15) is 46.9 Å². The van der Waals surface area contributed by atoms with Crippen LogP contribution in [0.15, 0.2) is 29.3 Å².